The van der Waals surface area contributed by atoms with Crippen LogP contribution in [-0.4, -0.2) is 46.2 Å². The van der Waals surface area contributed by atoms with Crippen molar-refractivity contribution in [1.29, 1.82) is 0 Å². The molecule has 0 amide bonds. The van der Waals surface area contributed by atoms with Gasteiger partial charge in [0, 0.05) is 13.1 Å². The monoisotopic (exact) mass is 347 g/mol. The van der Waals surface area contributed by atoms with E-state index in [2.05, 4.69) is 15.9 Å². The normalized spacial score (nSPS) is 21.2. The van der Waals surface area contributed by atoms with Crippen molar-refractivity contribution in [2.45, 2.75) is 0 Å². The molecule has 0 unspecified atom stereocenters. The van der Waals surface area contributed by atoms with Crippen LogP contribution in [0.1, 0.15) is 0 Å². The van der Waals surface area contributed by atoms with E-state index in [4.69, 9.17) is 9.47 Å². The van der Waals surface area contributed by atoms with E-state index < -0.39 is 9.84 Å². The van der Waals surface area contributed by atoms with Crippen LogP contribution in [-0.2, 0) is 9.84 Å². The summed E-state index contributed by atoms with van der Waals surface area (Å²) in [5, 5.41) is 0. The fourth-order valence-corrected chi connectivity index (χ4v) is 3.92. The largest absolute Gasteiger partial charge is 0.485 e. The highest BCUT2D eigenvalue weighted by molar-refractivity contribution is 9.10. The number of hydrogen-bond acceptors (Lipinski definition) is 5. The van der Waals surface area contributed by atoms with Crippen LogP contribution in [0.15, 0.2) is 16.6 Å². The molecule has 7 heteroatoms. The standard InChI is InChI=1S/C12H14BrNO4S/c13-9-1-2-10(12-11(9)17-5-6-18-12)14-3-7-19(15,16)8-4-14/h1-2H,3-8H2. The predicted molar refractivity (Wildman–Crippen MR) is 76.0 cm³/mol. The van der Waals surface area contributed by atoms with Crippen LogP contribution in [0.2, 0.25) is 0 Å². The minimum atomic E-state index is -2.88. The van der Waals surface area contributed by atoms with E-state index in [1.165, 1.54) is 0 Å². The zero-order valence-corrected chi connectivity index (χ0v) is 12.7. The summed E-state index contributed by atoms with van der Waals surface area (Å²) in [5.41, 5.74) is 0.910. The third-order valence-electron chi connectivity index (χ3n) is 3.30. The first-order chi connectivity index (χ1) is 9.07. The van der Waals surface area contributed by atoms with Gasteiger partial charge in [0.05, 0.1) is 21.7 Å². The Morgan fingerprint density at radius 1 is 1.05 bits per heavy atom. The summed E-state index contributed by atoms with van der Waals surface area (Å²) in [6, 6.07) is 3.85. The second kappa shape index (κ2) is 4.86. The van der Waals surface area contributed by atoms with Crippen molar-refractivity contribution in [3.8, 4) is 11.5 Å². The molecule has 0 aliphatic carbocycles. The summed E-state index contributed by atoms with van der Waals surface area (Å²) < 4.78 is 35.1. The second-order valence-corrected chi connectivity index (χ2v) is 7.72. The zero-order chi connectivity index (χ0) is 13.5. The molecule has 2 aliphatic heterocycles. The molecule has 0 spiro atoms. The average Bonchev–Trinajstić information content (AvgIpc) is 2.40. The summed E-state index contributed by atoms with van der Waals surface area (Å²) in [6.45, 7) is 2.05. The number of sulfone groups is 1. The first-order valence-corrected chi connectivity index (χ1v) is 8.72. The highest BCUT2D eigenvalue weighted by atomic mass is 79.9. The third-order valence-corrected chi connectivity index (χ3v) is 5.54. The summed E-state index contributed by atoms with van der Waals surface area (Å²) >= 11 is 3.44. The fraction of sp³-hybridized carbons (Fsp3) is 0.500. The van der Waals surface area contributed by atoms with Gasteiger partial charge in [-0.15, -0.1) is 0 Å². The van der Waals surface area contributed by atoms with E-state index in [1.54, 1.807) is 0 Å². The van der Waals surface area contributed by atoms with Crippen molar-refractivity contribution in [2.24, 2.45) is 0 Å². The van der Waals surface area contributed by atoms with Crippen molar-refractivity contribution in [3.63, 3.8) is 0 Å². The smallest absolute Gasteiger partial charge is 0.185 e. The van der Waals surface area contributed by atoms with Gasteiger partial charge in [0.25, 0.3) is 0 Å². The lowest BCUT2D eigenvalue weighted by atomic mass is 10.2. The van der Waals surface area contributed by atoms with Gasteiger partial charge in [-0.3, -0.25) is 0 Å². The Kier molecular flexibility index (Phi) is 3.34. The molecule has 19 heavy (non-hydrogen) atoms. The SMILES string of the molecule is O=S1(=O)CCN(c2ccc(Br)c3c2OCCO3)CC1. The number of rotatable bonds is 1. The van der Waals surface area contributed by atoms with Crippen LogP contribution in [0, 0.1) is 0 Å². The molecular weight excluding hydrogens is 334 g/mol. The average molecular weight is 348 g/mol. The molecule has 3 rings (SSSR count). The van der Waals surface area contributed by atoms with Crippen molar-refractivity contribution in [1.82, 2.24) is 0 Å². The van der Waals surface area contributed by atoms with E-state index in [9.17, 15) is 8.42 Å². The Bertz CT molecular complexity index is 588. The van der Waals surface area contributed by atoms with E-state index in [0.717, 1.165) is 10.2 Å². The fourth-order valence-electron chi connectivity index (χ4n) is 2.29. The molecule has 0 N–H and O–H groups in total. The lowest BCUT2D eigenvalue weighted by molar-refractivity contribution is 0.171. The van der Waals surface area contributed by atoms with Crippen LogP contribution < -0.4 is 14.4 Å². The highest BCUT2D eigenvalue weighted by Gasteiger charge is 2.27. The Morgan fingerprint density at radius 2 is 1.68 bits per heavy atom. The number of ether oxygens (including phenoxy) is 2. The lowest BCUT2D eigenvalue weighted by Crippen LogP contribution is -2.40. The Labute approximate surface area is 120 Å². The van der Waals surface area contributed by atoms with Crippen molar-refractivity contribution < 1.29 is 17.9 Å². The molecule has 0 bridgehead atoms. The number of halogens is 1. The van der Waals surface area contributed by atoms with E-state index >= 15 is 0 Å². The molecule has 0 atom stereocenters. The first kappa shape index (κ1) is 13.1. The van der Waals surface area contributed by atoms with Gasteiger partial charge < -0.3 is 14.4 Å². The molecule has 0 radical (unpaired) electrons. The molecular formula is C12H14BrNO4S. The molecule has 2 aliphatic rings. The van der Waals surface area contributed by atoms with E-state index in [0.29, 0.717) is 37.8 Å². The summed E-state index contributed by atoms with van der Waals surface area (Å²) in [6.07, 6.45) is 0. The summed E-state index contributed by atoms with van der Waals surface area (Å²) in [5.74, 6) is 1.80. The molecule has 1 saturated heterocycles. The van der Waals surface area contributed by atoms with Gasteiger partial charge in [-0.1, -0.05) is 0 Å². The van der Waals surface area contributed by atoms with E-state index in [-0.39, 0.29) is 11.5 Å². The van der Waals surface area contributed by atoms with Gasteiger partial charge in [-0.2, -0.15) is 0 Å². The molecule has 0 saturated carbocycles. The molecule has 0 aromatic heterocycles. The maximum atomic E-state index is 11.5. The molecule has 104 valence electrons. The van der Waals surface area contributed by atoms with Crippen LogP contribution in [0.25, 0.3) is 0 Å². The van der Waals surface area contributed by atoms with Gasteiger partial charge in [0.1, 0.15) is 13.2 Å². The van der Waals surface area contributed by atoms with Gasteiger partial charge in [0.15, 0.2) is 21.3 Å². The Hall–Kier alpha value is -0.950. The maximum Gasteiger partial charge on any atom is 0.185 e. The highest BCUT2D eigenvalue weighted by Crippen LogP contribution is 2.44. The molecule has 5 nitrogen and oxygen atoms in total. The number of benzene rings is 1. The van der Waals surface area contributed by atoms with Crippen LogP contribution >= 0.6 is 15.9 Å². The number of anilines is 1. The second-order valence-electron chi connectivity index (χ2n) is 4.56. The van der Waals surface area contributed by atoms with Gasteiger partial charge in [-0.05, 0) is 28.1 Å². The summed E-state index contributed by atoms with van der Waals surface area (Å²) in [7, 11) is -2.88. The van der Waals surface area contributed by atoms with Crippen molar-refractivity contribution >= 4 is 31.5 Å². The van der Waals surface area contributed by atoms with Crippen molar-refractivity contribution in [3.05, 3.63) is 16.6 Å². The maximum absolute atomic E-state index is 11.5. The molecule has 1 aromatic rings. The third kappa shape index (κ3) is 2.53. The van der Waals surface area contributed by atoms with Crippen LogP contribution in [0.4, 0.5) is 5.69 Å². The van der Waals surface area contributed by atoms with Crippen LogP contribution in [0.3, 0.4) is 0 Å². The van der Waals surface area contributed by atoms with E-state index in [1.807, 2.05) is 17.0 Å². The van der Waals surface area contributed by atoms with Crippen molar-refractivity contribution in [2.75, 3.05) is 42.7 Å². The summed E-state index contributed by atoms with van der Waals surface area (Å²) in [4.78, 5) is 2.04. The number of hydrogen-bond donors (Lipinski definition) is 0. The quantitative estimate of drug-likeness (QED) is 0.769. The number of fused-ring (bicyclic) bond motifs is 1. The minimum absolute atomic E-state index is 0.193. The van der Waals surface area contributed by atoms with Gasteiger partial charge >= 0.3 is 0 Å². The Balaban J connectivity index is 1.93. The minimum Gasteiger partial charge on any atom is -0.485 e. The zero-order valence-electron chi connectivity index (χ0n) is 10.3. The predicted octanol–water partition coefficient (Wildman–Crippen LogP) is 1.46. The number of nitrogens with zero attached hydrogens (tertiary/aromatic N) is 1. The molecule has 1 aromatic carbocycles. The topological polar surface area (TPSA) is 55.8 Å². The Morgan fingerprint density at radius 3 is 2.37 bits per heavy atom. The first-order valence-electron chi connectivity index (χ1n) is 6.10. The molecule has 1 fully saturated rings. The lowest BCUT2D eigenvalue weighted by Gasteiger charge is -2.32. The van der Waals surface area contributed by atoms with Crippen LogP contribution in [0.5, 0.6) is 11.5 Å². The van der Waals surface area contributed by atoms with Gasteiger partial charge in [0.2, 0.25) is 0 Å². The van der Waals surface area contributed by atoms with Gasteiger partial charge in [-0.25, -0.2) is 8.42 Å². The molecule has 2 heterocycles.